The zero-order valence-corrected chi connectivity index (χ0v) is 22.8. The van der Waals surface area contributed by atoms with Crippen molar-refractivity contribution in [3.8, 4) is 0 Å². The summed E-state index contributed by atoms with van der Waals surface area (Å²) in [5, 5.41) is 10.3. The number of aliphatic hydroxyl groups excluding tert-OH is 1. The molecule has 0 saturated heterocycles. The molecular formula is C30H56O2. The Balaban J connectivity index is 0.000000913. The molecule has 4 fully saturated rings. The minimum Gasteiger partial charge on any atom is -0.393 e. The maximum Gasteiger partial charge on any atom is 0.0543 e. The van der Waals surface area contributed by atoms with Crippen LogP contribution in [0.5, 0.6) is 0 Å². The lowest BCUT2D eigenvalue weighted by Crippen LogP contribution is -2.54. The van der Waals surface area contributed by atoms with Gasteiger partial charge in [0.25, 0.3) is 0 Å². The lowest BCUT2D eigenvalue weighted by molar-refractivity contribution is -0.129. The summed E-state index contributed by atoms with van der Waals surface area (Å²) in [5.41, 5.74) is 1.14. The van der Waals surface area contributed by atoms with Gasteiger partial charge in [-0.15, -0.1) is 0 Å². The van der Waals surface area contributed by atoms with Crippen molar-refractivity contribution < 1.29 is 9.84 Å². The number of aliphatic hydroxyl groups is 1. The van der Waals surface area contributed by atoms with Crippen LogP contribution in [-0.2, 0) is 4.74 Å². The summed E-state index contributed by atoms with van der Waals surface area (Å²) in [6, 6.07) is 0. The second-order valence-electron chi connectivity index (χ2n) is 13.5. The van der Waals surface area contributed by atoms with Crippen LogP contribution in [0.25, 0.3) is 0 Å². The molecule has 4 rings (SSSR count). The molecule has 0 aromatic heterocycles. The standard InChI is InChI=1S/C28H50O.C2H6O/c1-18(2)19(3)7-8-20(4)24-11-12-25-23-10-9-21-17-22(29)13-15-27(21,5)26(23)14-16-28(24,25)6;1-3-2/h18-26,29H,7-17H2,1-6H3;1-2H3/t19-,20+,21-,22-,23-,24+,25-,26-,27-,28+;/m0./s1. The average molecular weight is 449 g/mol. The molecule has 0 aromatic carbocycles. The predicted molar refractivity (Wildman–Crippen MR) is 137 cm³/mol. The van der Waals surface area contributed by atoms with E-state index in [0.717, 1.165) is 60.2 Å². The second kappa shape index (κ2) is 10.7. The fourth-order valence-corrected chi connectivity index (χ4v) is 9.27. The van der Waals surface area contributed by atoms with Crippen molar-refractivity contribution >= 4 is 0 Å². The van der Waals surface area contributed by atoms with Gasteiger partial charge in [0.2, 0.25) is 0 Å². The summed E-state index contributed by atoms with van der Waals surface area (Å²) in [6.45, 7) is 15.2. The molecule has 0 heterocycles. The molecule has 0 aromatic rings. The molecule has 2 heteroatoms. The van der Waals surface area contributed by atoms with Gasteiger partial charge in [-0.05, 0) is 116 Å². The lowest BCUT2D eigenvalue weighted by Gasteiger charge is -2.61. The Hall–Kier alpha value is -0.0800. The van der Waals surface area contributed by atoms with Gasteiger partial charge in [0, 0.05) is 14.2 Å². The summed E-state index contributed by atoms with van der Waals surface area (Å²) < 4.78 is 4.25. The number of fused-ring (bicyclic) bond motifs is 5. The van der Waals surface area contributed by atoms with E-state index in [2.05, 4.69) is 46.3 Å². The highest BCUT2D eigenvalue weighted by molar-refractivity contribution is 5.09. The first-order valence-electron chi connectivity index (χ1n) is 14.2. The third-order valence-corrected chi connectivity index (χ3v) is 11.6. The van der Waals surface area contributed by atoms with E-state index in [0.29, 0.717) is 10.8 Å². The van der Waals surface area contributed by atoms with Gasteiger partial charge < -0.3 is 9.84 Å². The normalized spacial score (nSPS) is 45.2. The first-order chi connectivity index (χ1) is 15.1. The molecule has 10 atom stereocenters. The molecule has 0 unspecified atom stereocenters. The zero-order chi connectivity index (χ0) is 23.7. The van der Waals surface area contributed by atoms with Gasteiger partial charge in [-0.3, -0.25) is 0 Å². The van der Waals surface area contributed by atoms with Crippen LogP contribution in [0.3, 0.4) is 0 Å². The van der Waals surface area contributed by atoms with Gasteiger partial charge >= 0.3 is 0 Å². The summed E-state index contributed by atoms with van der Waals surface area (Å²) in [7, 11) is 3.25. The molecule has 2 nitrogen and oxygen atoms in total. The van der Waals surface area contributed by atoms with Crippen LogP contribution in [0.1, 0.15) is 112 Å². The van der Waals surface area contributed by atoms with Crippen molar-refractivity contribution in [2.75, 3.05) is 14.2 Å². The van der Waals surface area contributed by atoms with E-state index >= 15 is 0 Å². The third-order valence-electron chi connectivity index (χ3n) is 11.6. The lowest BCUT2D eigenvalue weighted by atomic mass is 9.44. The molecule has 0 amide bonds. The van der Waals surface area contributed by atoms with Gasteiger partial charge in [-0.25, -0.2) is 0 Å². The summed E-state index contributed by atoms with van der Waals surface area (Å²) in [6.07, 6.45) is 15.1. The van der Waals surface area contributed by atoms with E-state index in [1.807, 2.05) is 0 Å². The van der Waals surface area contributed by atoms with Crippen LogP contribution in [0.4, 0.5) is 0 Å². The Kier molecular flexibility index (Phi) is 8.85. The molecule has 0 aliphatic heterocycles. The number of hydrogen-bond acceptors (Lipinski definition) is 2. The molecule has 0 bridgehead atoms. The van der Waals surface area contributed by atoms with E-state index < -0.39 is 0 Å². The van der Waals surface area contributed by atoms with Gasteiger partial charge in [0.1, 0.15) is 0 Å². The van der Waals surface area contributed by atoms with Gasteiger partial charge in [0.15, 0.2) is 0 Å². The second-order valence-corrected chi connectivity index (χ2v) is 13.5. The Bertz CT molecular complexity index is 587. The highest BCUT2D eigenvalue weighted by Crippen LogP contribution is 2.68. The number of methoxy groups -OCH3 is 1. The molecule has 4 saturated carbocycles. The van der Waals surface area contributed by atoms with Crippen molar-refractivity contribution in [3.05, 3.63) is 0 Å². The SMILES string of the molecule is CC(C)[C@@H](C)CC[C@@H](C)[C@H]1CC[C@H]2[C@@H]3CC[C@H]4C[C@@H](O)CC[C@]4(C)[C@H]3CC[C@]12C.COC. The molecular weight excluding hydrogens is 392 g/mol. The molecule has 0 radical (unpaired) electrons. The quantitative estimate of drug-likeness (QED) is 0.462. The van der Waals surface area contributed by atoms with E-state index in [4.69, 9.17) is 0 Å². The monoisotopic (exact) mass is 448 g/mol. The van der Waals surface area contributed by atoms with Crippen molar-refractivity contribution in [1.82, 2.24) is 0 Å². The van der Waals surface area contributed by atoms with Crippen LogP contribution in [0, 0.1) is 58.2 Å². The summed E-state index contributed by atoms with van der Waals surface area (Å²) in [5.74, 6) is 7.28. The highest BCUT2D eigenvalue weighted by atomic mass is 16.4. The Morgan fingerprint density at radius 2 is 1.44 bits per heavy atom. The molecule has 188 valence electrons. The minimum atomic E-state index is -0.0107. The fraction of sp³-hybridized carbons (Fsp3) is 1.00. The van der Waals surface area contributed by atoms with Crippen LogP contribution in [-0.4, -0.2) is 25.4 Å². The van der Waals surface area contributed by atoms with Crippen molar-refractivity contribution in [3.63, 3.8) is 0 Å². The van der Waals surface area contributed by atoms with Crippen molar-refractivity contribution in [2.45, 2.75) is 118 Å². The maximum atomic E-state index is 10.3. The zero-order valence-electron chi connectivity index (χ0n) is 22.8. The first kappa shape index (κ1) is 26.5. The van der Waals surface area contributed by atoms with E-state index in [-0.39, 0.29) is 6.10 Å². The molecule has 4 aliphatic carbocycles. The topological polar surface area (TPSA) is 29.5 Å². The molecule has 32 heavy (non-hydrogen) atoms. The Labute approximate surface area is 200 Å². The van der Waals surface area contributed by atoms with E-state index in [1.165, 1.54) is 57.8 Å². The van der Waals surface area contributed by atoms with Crippen LogP contribution in [0.2, 0.25) is 0 Å². The maximum absolute atomic E-state index is 10.3. The number of ether oxygens (including phenoxy) is 1. The smallest absolute Gasteiger partial charge is 0.0543 e. The minimum absolute atomic E-state index is 0.0107. The van der Waals surface area contributed by atoms with Crippen LogP contribution >= 0.6 is 0 Å². The van der Waals surface area contributed by atoms with E-state index in [1.54, 1.807) is 14.2 Å². The number of rotatable bonds is 5. The van der Waals surface area contributed by atoms with Crippen LogP contribution < -0.4 is 0 Å². The predicted octanol–water partition coefficient (Wildman–Crippen LogP) is 7.98. The van der Waals surface area contributed by atoms with Gasteiger partial charge in [-0.2, -0.15) is 0 Å². The first-order valence-corrected chi connectivity index (χ1v) is 14.2. The number of hydrogen-bond donors (Lipinski definition) is 1. The van der Waals surface area contributed by atoms with Crippen molar-refractivity contribution in [2.24, 2.45) is 58.2 Å². The molecule has 0 spiro atoms. The molecule has 1 N–H and O–H groups in total. The fourth-order valence-electron chi connectivity index (χ4n) is 9.27. The Morgan fingerprint density at radius 3 is 2.09 bits per heavy atom. The van der Waals surface area contributed by atoms with Gasteiger partial charge in [-0.1, -0.05) is 54.4 Å². The van der Waals surface area contributed by atoms with Gasteiger partial charge in [0.05, 0.1) is 6.10 Å². The average Bonchev–Trinajstić information content (AvgIpc) is 3.10. The van der Waals surface area contributed by atoms with Crippen molar-refractivity contribution in [1.29, 1.82) is 0 Å². The largest absolute Gasteiger partial charge is 0.393 e. The summed E-state index contributed by atoms with van der Waals surface area (Å²) in [4.78, 5) is 0. The molecule has 4 aliphatic rings. The van der Waals surface area contributed by atoms with Crippen LogP contribution in [0.15, 0.2) is 0 Å². The third kappa shape index (κ3) is 4.98. The highest BCUT2D eigenvalue weighted by Gasteiger charge is 2.60. The summed E-state index contributed by atoms with van der Waals surface area (Å²) >= 11 is 0. The Morgan fingerprint density at radius 1 is 0.812 bits per heavy atom. The van der Waals surface area contributed by atoms with E-state index in [9.17, 15) is 5.11 Å².